The molecule has 0 atom stereocenters. The second-order valence-electron chi connectivity index (χ2n) is 7.48. The van der Waals surface area contributed by atoms with Crippen LogP contribution < -0.4 is 10.2 Å². The molecular weight excluding hydrogens is 401 g/mol. The molecule has 1 fully saturated rings. The minimum absolute atomic E-state index is 0.106. The third-order valence-corrected chi connectivity index (χ3v) is 5.41. The molecule has 31 heavy (non-hydrogen) atoms. The summed E-state index contributed by atoms with van der Waals surface area (Å²) < 4.78 is 14.6. The Hall–Kier alpha value is -3.77. The fraction of sp³-hybridized carbons (Fsp3) is 0.273. The van der Waals surface area contributed by atoms with Crippen molar-refractivity contribution in [1.29, 1.82) is 5.26 Å². The van der Waals surface area contributed by atoms with Gasteiger partial charge in [0.25, 0.3) is 5.69 Å². The molecule has 2 N–H and O–H groups in total. The van der Waals surface area contributed by atoms with Gasteiger partial charge in [-0.1, -0.05) is 6.07 Å². The number of hydrogen-bond donors (Lipinski definition) is 2. The van der Waals surface area contributed by atoms with E-state index in [1.807, 2.05) is 17.0 Å². The van der Waals surface area contributed by atoms with Gasteiger partial charge in [0.15, 0.2) is 0 Å². The van der Waals surface area contributed by atoms with Gasteiger partial charge in [-0.2, -0.15) is 5.26 Å². The van der Waals surface area contributed by atoms with Crippen LogP contribution in [0.25, 0.3) is 10.9 Å². The second kappa shape index (κ2) is 8.53. The number of aliphatic hydroxyl groups excluding tert-OH is 1. The van der Waals surface area contributed by atoms with Crippen LogP contribution in [-0.2, 0) is 6.54 Å². The zero-order valence-electron chi connectivity index (χ0n) is 16.6. The van der Waals surface area contributed by atoms with Crippen molar-refractivity contribution in [2.45, 2.75) is 25.5 Å². The first-order valence-electron chi connectivity index (χ1n) is 9.89. The lowest BCUT2D eigenvalue weighted by Gasteiger charge is -2.31. The number of nitrogens with zero attached hydrogens (tertiary/aromatic N) is 4. The summed E-state index contributed by atoms with van der Waals surface area (Å²) in [6.45, 7) is 1.53. The van der Waals surface area contributed by atoms with Gasteiger partial charge in [-0.05, 0) is 42.7 Å². The molecule has 0 aliphatic carbocycles. The van der Waals surface area contributed by atoms with E-state index in [0.717, 1.165) is 0 Å². The van der Waals surface area contributed by atoms with Crippen molar-refractivity contribution in [3.8, 4) is 6.07 Å². The van der Waals surface area contributed by atoms with Gasteiger partial charge in [-0.25, -0.2) is 9.37 Å². The Balaban J connectivity index is 1.51. The van der Waals surface area contributed by atoms with E-state index in [0.29, 0.717) is 60.4 Å². The van der Waals surface area contributed by atoms with Gasteiger partial charge in [-0.15, -0.1) is 0 Å². The first-order chi connectivity index (χ1) is 14.9. The van der Waals surface area contributed by atoms with Gasteiger partial charge in [0, 0.05) is 37.2 Å². The van der Waals surface area contributed by atoms with E-state index in [4.69, 9.17) is 0 Å². The number of aromatic nitrogens is 1. The molecule has 0 amide bonds. The zero-order valence-corrected chi connectivity index (χ0v) is 16.6. The molecule has 2 aromatic carbocycles. The summed E-state index contributed by atoms with van der Waals surface area (Å²) in [7, 11) is 0. The summed E-state index contributed by atoms with van der Waals surface area (Å²) >= 11 is 0. The van der Waals surface area contributed by atoms with E-state index >= 15 is 0 Å². The van der Waals surface area contributed by atoms with Crippen LogP contribution in [0, 0.1) is 27.3 Å². The highest BCUT2D eigenvalue weighted by molar-refractivity contribution is 5.88. The van der Waals surface area contributed by atoms with Gasteiger partial charge in [-0.3, -0.25) is 10.1 Å². The van der Waals surface area contributed by atoms with Crippen LogP contribution >= 0.6 is 0 Å². The molecule has 0 unspecified atom stereocenters. The quantitative estimate of drug-likeness (QED) is 0.476. The minimum Gasteiger partial charge on any atom is -0.393 e. The molecule has 1 saturated heterocycles. The molecule has 1 aliphatic rings. The van der Waals surface area contributed by atoms with Crippen LogP contribution in [-0.4, -0.2) is 34.2 Å². The van der Waals surface area contributed by atoms with Crippen molar-refractivity contribution in [2.75, 3.05) is 23.3 Å². The maximum atomic E-state index is 14.6. The Labute approximate surface area is 177 Å². The first kappa shape index (κ1) is 20.5. The van der Waals surface area contributed by atoms with Crippen molar-refractivity contribution in [3.63, 3.8) is 0 Å². The number of aliphatic hydroxyl groups is 1. The van der Waals surface area contributed by atoms with Crippen LogP contribution in [0.15, 0.2) is 42.5 Å². The highest BCUT2D eigenvalue weighted by Gasteiger charge is 2.19. The normalized spacial score (nSPS) is 14.4. The number of pyridine rings is 1. The van der Waals surface area contributed by atoms with Crippen molar-refractivity contribution < 1.29 is 14.4 Å². The molecule has 1 aromatic heterocycles. The van der Waals surface area contributed by atoms with Crippen molar-refractivity contribution >= 4 is 28.1 Å². The Morgan fingerprint density at radius 3 is 2.71 bits per heavy atom. The molecule has 9 heteroatoms. The number of nitrogens with one attached hydrogen (secondary N) is 1. The molecule has 8 nitrogen and oxygen atoms in total. The lowest BCUT2D eigenvalue weighted by Crippen LogP contribution is -2.36. The molecule has 158 valence electrons. The highest BCUT2D eigenvalue weighted by Crippen LogP contribution is 2.27. The molecule has 2 heterocycles. The number of hydrogen-bond acceptors (Lipinski definition) is 7. The van der Waals surface area contributed by atoms with E-state index in [1.54, 1.807) is 6.07 Å². The second-order valence-corrected chi connectivity index (χ2v) is 7.48. The number of halogens is 1. The standard InChI is InChI=1S/C22H20FN5O3/c23-19-9-14(1-4-21(19)27-7-5-17(29)6-8-27)13-25-22-10-15(12-24)18-11-16(28(30)31)2-3-20(18)26-22/h1-4,9-11,17,29H,5-8,13H2,(H,25,26). The molecule has 1 aliphatic heterocycles. The highest BCUT2D eigenvalue weighted by atomic mass is 19.1. The van der Waals surface area contributed by atoms with Crippen molar-refractivity contribution in [3.05, 3.63) is 69.5 Å². The SMILES string of the molecule is N#Cc1cc(NCc2ccc(N3CCC(O)CC3)c(F)c2)nc2ccc([N+](=O)[O-])cc12. The van der Waals surface area contributed by atoms with Crippen LogP contribution in [0.1, 0.15) is 24.0 Å². The summed E-state index contributed by atoms with van der Waals surface area (Å²) in [6, 6.07) is 12.8. The molecule has 0 saturated carbocycles. The average molecular weight is 421 g/mol. The first-order valence-corrected chi connectivity index (χ1v) is 9.89. The molecular formula is C22H20FN5O3. The molecule has 0 spiro atoms. The zero-order chi connectivity index (χ0) is 22.0. The van der Waals surface area contributed by atoms with Gasteiger partial charge in [0.2, 0.25) is 0 Å². The number of nitro groups is 1. The summed E-state index contributed by atoms with van der Waals surface area (Å²) in [5, 5.41) is 33.5. The lowest BCUT2D eigenvalue weighted by atomic mass is 10.1. The average Bonchev–Trinajstić information content (AvgIpc) is 2.77. The molecule has 0 bridgehead atoms. The summed E-state index contributed by atoms with van der Waals surface area (Å²) in [6.07, 6.45) is 0.934. The van der Waals surface area contributed by atoms with Gasteiger partial charge < -0.3 is 15.3 Å². The number of piperidine rings is 1. The van der Waals surface area contributed by atoms with Crippen molar-refractivity contribution in [1.82, 2.24) is 4.98 Å². The minimum atomic E-state index is -0.517. The Morgan fingerprint density at radius 2 is 2.03 bits per heavy atom. The Bertz CT molecular complexity index is 1190. The number of nitriles is 1. The number of rotatable bonds is 5. The molecule has 4 rings (SSSR count). The van der Waals surface area contributed by atoms with E-state index < -0.39 is 4.92 Å². The number of non-ortho nitro benzene ring substituents is 1. The third-order valence-electron chi connectivity index (χ3n) is 5.41. The van der Waals surface area contributed by atoms with E-state index in [9.17, 15) is 24.9 Å². The number of nitro benzene ring substituents is 1. The van der Waals surface area contributed by atoms with Gasteiger partial charge in [0.1, 0.15) is 11.6 Å². The van der Waals surface area contributed by atoms with Crippen LogP contribution in [0.2, 0.25) is 0 Å². The fourth-order valence-electron chi connectivity index (χ4n) is 3.73. The predicted octanol–water partition coefficient (Wildman–Crippen LogP) is 3.73. The number of anilines is 2. The van der Waals surface area contributed by atoms with Gasteiger partial charge >= 0.3 is 0 Å². The van der Waals surface area contributed by atoms with Crippen LogP contribution in [0.5, 0.6) is 0 Å². The number of benzene rings is 2. The summed E-state index contributed by atoms with van der Waals surface area (Å²) in [5.41, 5.74) is 1.85. The van der Waals surface area contributed by atoms with E-state index in [1.165, 1.54) is 30.3 Å². The van der Waals surface area contributed by atoms with E-state index in [2.05, 4.69) is 10.3 Å². The summed E-state index contributed by atoms with van der Waals surface area (Å²) in [5.74, 6) is 0.0968. The Kier molecular flexibility index (Phi) is 5.64. The monoisotopic (exact) mass is 421 g/mol. The van der Waals surface area contributed by atoms with Crippen LogP contribution in [0.3, 0.4) is 0 Å². The smallest absolute Gasteiger partial charge is 0.270 e. The number of fused-ring (bicyclic) bond motifs is 1. The van der Waals surface area contributed by atoms with E-state index in [-0.39, 0.29) is 23.2 Å². The van der Waals surface area contributed by atoms with Crippen molar-refractivity contribution in [2.24, 2.45) is 0 Å². The topological polar surface area (TPSA) is 115 Å². The molecule has 0 radical (unpaired) electrons. The van der Waals surface area contributed by atoms with Gasteiger partial charge in [0.05, 0.1) is 33.9 Å². The molecule has 3 aromatic rings. The summed E-state index contributed by atoms with van der Waals surface area (Å²) in [4.78, 5) is 16.8. The third kappa shape index (κ3) is 4.39. The predicted molar refractivity (Wildman–Crippen MR) is 114 cm³/mol. The maximum Gasteiger partial charge on any atom is 0.270 e. The largest absolute Gasteiger partial charge is 0.393 e. The van der Waals surface area contributed by atoms with Crippen LogP contribution in [0.4, 0.5) is 21.6 Å². The Morgan fingerprint density at radius 1 is 1.26 bits per heavy atom. The fourth-order valence-corrected chi connectivity index (χ4v) is 3.73. The lowest BCUT2D eigenvalue weighted by molar-refractivity contribution is -0.384. The maximum absolute atomic E-state index is 14.6.